The van der Waals surface area contributed by atoms with Gasteiger partial charge in [0.05, 0.1) is 96.6 Å². The Morgan fingerprint density at radius 1 is 0.615 bits per heavy atom. The molecular formula is C36H50B24N5O13+. The van der Waals surface area contributed by atoms with E-state index in [4.69, 9.17) is 173 Å². The minimum absolute atomic E-state index is 0.0117. The van der Waals surface area contributed by atoms with E-state index in [1.54, 1.807) is 27.7 Å². The van der Waals surface area contributed by atoms with Crippen molar-refractivity contribution in [3.8, 4) is 0 Å². The summed E-state index contributed by atoms with van der Waals surface area (Å²) in [6.45, 7) is 0.492. The zero-order valence-electron chi connectivity index (χ0n) is 44.7. The summed E-state index contributed by atoms with van der Waals surface area (Å²) in [6, 6.07) is -4.93. The number of amides is 5. The Hall–Kier alpha value is -1.41. The summed E-state index contributed by atoms with van der Waals surface area (Å²) < 4.78 is 45.0. The van der Waals surface area contributed by atoms with E-state index in [-0.39, 0.29) is 36.0 Å². The van der Waals surface area contributed by atoms with Crippen LogP contribution >= 0.6 is 0 Å². The molecule has 78 heavy (non-hydrogen) atoms. The molecule has 0 bridgehead atoms. The van der Waals surface area contributed by atoms with Crippen LogP contribution in [0.25, 0.3) is 0 Å². The van der Waals surface area contributed by atoms with Gasteiger partial charge >= 0.3 is 12.0 Å². The molecule has 4 heterocycles. The molecule has 0 aromatic carbocycles. The Morgan fingerprint density at radius 2 is 1.12 bits per heavy atom. The number of nitrogens with one attached hydrogen (secondary N) is 4. The van der Waals surface area contributed by atoms with Crippen LogP contribution in [0.2, 0.25) is 34.9 Å². The van der Waals surface area contributed by atoms with E-state index >= 15 is 4.79 Å². The van der Waals surface area contributed by atoms with Gasteiger partial charge in [0.15, 0.2) is 55.7 Å². The smallest absolute Gasteiger partial charge is 0.333 e. The second-order valence-corrected chi connectivity index (χ2v) is 21.1. The summed E-state index contributed by atoms with van der Waals surface area (Å²) in [5.74, 6) is -13.5. The molecule has 4 saturated heterocycles. The van der Waals surface area contributed by atoms with Crippen LogP contribution in [0.3, 0.4) is 0 Å². The number of nitrogens with zero attached hydrogens (tertiary/aromatic N) is 1. The summed E-state index contributed by atoms with van der Waals surface area (Å²) in [7, 11) is 111. The Bertz CT molecular complexity index is 1980. The molecule has 0 aromatic heterocycles. The summed E-state index contributed by atoms with van der Waals surface area (Å²) in [4.78, 5) is 69.6. The van der Waals surface area contributed by atoms with Crippen molar-refractivity contribution in [2.24, 2.45) is 17.8 Å². The maximum absolute atomic E-state index is 15.4. The highest BCUT2D eigenvalue weighted by Crippen LogP contribution is 2.47. The summed E-state index contributed by atoms with van der Waals surface area (Å²) in [5.41, 5.74) is 0. The zero-order valence-corrected chi connectivity index (χ0v) is 44.7. The number of carboxylic acids is 1. The van der Waals surface area contributed by atoms with E-state index < -0.39 is 196 Å². The number of ether oxygens (including phenoxy) is 7. The van der Waals surface area contributed by atoms with Crippen molar-refractivity contribution in [3.05, 3.63) is 0 Å². The lowest BCUT2D eigenvalue weighted by molar-refractivity contribution is -0.655. The first-order valence-electron chi connectivity index (χ1n) is 25.7. The molecular weight excluding hydrogens is 970 g/mol. The third-order valence-corrected chi connectivity index (χ3v) is 14.3. The Morgan fingerprint density at radius 3 is 1.59 bits per heavy atom. The predicted molar refractivity (Wildman–Crippen MR) is 317 cm³/mol. The second kappa shape index (κ2) is 30.4. The van der Waals surface area contributed by atoms with E-state index in [9.17, 15) is 24.3 Å². The van der Waals surface area contributed by atoms with Gasteiger partial charge in [0.2, 0.25) is 0 Å². The number of urea groups is 1. The normalized spacial score (nSPS) is 34.9. The number of carbonyl (C=O) groups is 5. The average molecular weight is 1020 g/mol. The molecule has 0 aromatic rings. The predicted octanol–water partition coefficient (Wildman–Crippen LogP) is -8.99. The molecule has 368 valence electrons. The third kappa shape index (κ3) is 17.1. The van der Waals surface area contributed by atoms with Crippen LogP contribution in [0.1, 0.15) is 41.0 Å². The van der Waals surface area contributed by atoms with E-state index in [0.717, 1.165) is 4.90 Å². The first-order chi connectivity index (χ1) is 36.2. The average Bonchev–Trinajstić information content (AvgIpc) is 3.35. The lowest BCUT2D eigenvalue weighted by Gasteiger charge is -2.53. The van der Waals surface area contributed by atoms with Gasteiger partial charge in [-0.2, -0.15) is 0 Å². The molecule has 4 rings (SSSR count). The summed E-state index contributed by atoms with van der Waals surface area (Å²) in [5, 5.41) is 18.1. The fraction of sp³-hybridized carbons (Fsp3) is 0.861. The number of carbonyl (C=O) groups excluding carboxylic acids is 4. The fourth-order valence-corrected chi connectivity index (χ4v) is 9.97. The number of imide groups is 1. The lowest BCUT2D eigenvalue weighted by Crippen LogP contribution is -3.24. The Labute approximate surface area is 487 Å². The topological polar surface area (TPSA) is 214 Å². The molecule has 0 spiro atoms. The number of carboxylic acid groups (broad SMARTS) is 1. The second-order valence-electron chi connectivity index (χ2n) is 21.1. The van der Waals surface area contributed by atoms with Crippen LogP contribution in [0.5, 0.6) is 0 Å². The number of hydrogen-bond acceptors (Lipinski definition) is 12. The highest BCUT2D eigenvalue weighted by atomic mass is 16.7. The Balaban J connectivity index is 1.90. The molecule has 4 aliphatic rings. The van der Waals surface area contributed by atoms with Gasteiger partial charge in [0.1, 0.15) is 37.0 Å². The molecule has 20 atom stereocenters. The molecule has 36 radical (unpaired) electrons. The minimum Gasteiger partial charge on any atom is -0.508 e. The zero-order chi connectivity index (χ0) is 59.1. The number of aliphatic carboxylic acids is 1. The number of quaternary nitrogens is 1. The van der Waals surface area contributed by atoms with Gasteiger partial charge in [0.25, 0.3) is 19.2 Å². The molecule has 4 fully saturated rings. The molecule has 4 aliphatic heterocycles. The van der Waals surface area contributed by atoms with Gasteiger partial charge in [-0.3, -0.25) is 19.3 Å². The van der Waals surface area contributed by atoms with Crippen molar-refractivity contribution in [1.82, 2.24) is 20.9 Å². The largest absolute Gasteiger partial charge is 0.508 e. The van der Waals surface area contributed by atoms with Crippen LogP contribution in [0, 0.1) is 17.8 Å². The van der Waals surface area contributed by atoms with Gasteiger partial charge in [-0.15, -0.1) is 0 Å². The monoisotopic (exact) mass is 1020 g/mol. The van der Waals surface area contributed by atoms with Crippen molar-refractivity contribution < 1.29 is 67.0 Å². The van der Waals surface area contributed by atoms with Crippen LogP contribution in [-0.2, 0) is 42.7 Å². The van der Waals surface area contributed by atoms with Crippen LogP contribution in [0.15, 0.2) is 0 Å². The first kappa shape index (κ1) is 69.1. The number of rotatable bonds is 23. The van der Waals surface area contributed by atoms with E-state index in [2.05, 4.69) is 16.0 Å². The van der Waals surface area contributed by atoms with E-state index in [1.165, 1.54) is 6.92 Å². The molecule has 20 unspecified atom stereocenters. The van der Waals surface area contributed by atoms with E-state index in [1.807, 2.05) is 0 Å². The first-order valence-corrected chi connectivity index (χ1v) is 25.7. The van der Waals surface area contributed by atoms with Crippen LogP contribution in [0.4, 0.5) is 14.4 Å². The SMILES string of the molecule is [B]B([B])CNC(=O)N(CCC[NH+](B([B])[B])B([B])[B])C(=O)C1OC(OC2C([B])C(B([B])[B])OC(C(C)C)C2NC(=O)B([B])[B])C([B])C([B])C1OC1OC(C)C([B])C(OC2OC(C(=O)O)C(C(C)C)C([B])C2[B])C1NC(=O)B([B])[B]. The van der Waals surface area contributed by atoms with Crippen molar-refractivity contribution in [2.75, 3.05) is 19.5 Å². The van der Waals surface area contributed by atoms with Crippen molar-refractivity contribution in [3.63, 3.8) is 0 Å². The molecule has 0 aliphatic carbocycles. The van der Waals surface area contributed by atoms with Gasteiger partial charge in [-0.1, -0.05) is 33.5 Å². The number of hydrogen-bond donors (Lipinski definition) is 5. The fourth-order valence-electron chi connectivity index (χ4n) is 9.97. The van der Waals surface area contributed by atoms with Crippen LogP contribution < -0.4 is 20.7 Å². The maximum Gasteiger partial charge on any atom is 0.333 e. The third-order valence-electron chi connectivity index (χ3n) is 14.3. The molecule has 5 amide bonds. The summed E-state index contributed by atoms with van der Waals surface area (Å²) >= 11 is 0. The van der Waals surface area contributed by atoms with Gasteiger partial charge in [0, 0.05) is 87.4 Å². The maximum atomic E-state index is 15.4. The van der Waals surface area contributed by atoms with Crippen molar-refractivity contribution >= 4 is 209 Å². The van der Waals surface area contributed by atoms with Crippen molar-refractivity contribution in [2.45, 2.75) is 156 Å². The van der Waals surface area contributed by atoms with Crippen LogP contribution in [-0.4, -0.2) is 318 Å². The van der Waals surface area contributed by atoms with Gasteiger partial charge in [-0.05, 0) is 60.2 Å². The minimum atomic E-state index is -2.05. The highest BCUT2D eigenvalue weighted by molar-refractivity contribution is 7.43. The summed E-state index contributed by atoms with van der Waals surface area (Å²) in [6.07, 6.45) is -15.7. The Kier molecular flexibility index (Phi) is 26.9. The lowest BCUT2D eigenvalue weighted by atomic mass is 9.15. The standard InChI is InChI=1S/C36H49B24N5O13/c1-10(2)13-15(38)17(40)31(74-23(13)30(67)68)75-24-14(37)12(5)72-33(21(24)63-35(70)58(49)50)77-26-16(39)18(41)32(76-25-19(42)28(56(45)46)73-22(11(3)4)20(25)62-34(69)57(47)48)78-27(26)29(66)64(36(71)61-9-55(43)44)7-6-8-65(59(51)52)60(53)54/h10-28,31-33H,6-9H2,1-5H3,(H,61,71)(H,62,69)(H,63,70)(H,67,68)/p+1. The van der Waals surface area contributed by atoms with E-state index in [0.29, 0.717) is 0 Å². The van der Waals surface area contributed by atoms with Gasteiger partial charge < -0.3 is 58.9 Å². The molecule has 5 N–H and O–H groups in total. The van der Waals surface area contributed by atoms with Crippen molar-refractivity contribution in [1.29, 1.82) is 0 Å². The molecule has 0 saturated carbocycles. The molecule has 42 heteroatoms. The van der Waals surface area contributed by atoms with Gasteiger partial charge in [-0.25, -0.2) is 9.59 Å². The molecule has 18 nitrogen and oxygen atoms in total. The highest BCUT2D eigenvalue weighted by Gasteiger charge is 2.56. The quantitative estimate of drug-likeness (QED) is 0.0603.